The fourth-order valence-corrected chi connectivity index (χ4v) is 3.49. The lowest BCUT2D eigenvalue weighted by atomic mass is 10.1. The largest absolute Gasteiger partial charge is 0.462 e. The molecule has 2 heterocycles. The lowest BCUT2D eigenvalue weighted by molar-refractivity contribution is 0.0525. The van der Waals surface area contributed by atoms with Gasteiger partial charge in [0.25, 0.3) is 5.91 Å². The van der Waals surface area contributed by atoms with E-state index in [2.05, 4.69) is 25.9 Å². The number of hydrogen-bond acceptors (Lipinski definition) is 4. The monoisotopic (exact) mass is 382 g/mol. The molecule has 0 saturated heterocycles. The van der Waals surface area contributed by atoms with E-state index in [1.54, 1.807) is 20.8 Å². The van der Waals surface area contributed by atoms with E-state index in [-0.39, 0.29) is 5.91 Å². The number of aromatic amines is 1. The first-order valence-corrected chi connectivity index (χ1v) is 9.50. The molecule has 0 bridgehead atoms. The van der Waals surface area contributed by atoms with Crippen molar-refractivity contribution in [2.45, 2.75) is 40.7 Å². The second-order valence-corrected chi connectivity index (χ2v) is 6.75. The Kier molecular flexibility index (Phi) is 5.82. The number of rotatable bonds is 7. The fourth-order valence-electron chi connectivity index (χ4n) is 3.49. The van der Waals surface area contributed by atoms with Crippen molar-refractivity contribution in [1.29, 1.82) is 0 Å². The summed E-state index contributed by atoms with van der Waals surface area (Å²) in [5, 5.41) is 2.93. The number of benzene rings is 1. The number of imidazole rings is 1. The minimum Gasteiger partial charge on any atom is -0.462 e. The Morgan fingerprint density at radius 2 is 1.96 bits per heavy atom. The van der Waals surface area contributed by atoms with Crippen LogP contribution in [0.1, 0.15) is 51.3 Å². The molecule has 0 saturated carbocycles. The first-order valence-electron chi connectivity index (χ1n) is 9.50. The number of esters is 1. The third-order valence-electron chi connectivity index (χ3n) is 4.83. The maximum Gasteiger partial charge on any atom is 0.340 e. The quantitative estimate of drug-likeness (QED) is 0.485. The van der Waals surface area contributed by atoms with Crippen molar-refractivity contribution < 1.29 is 14.3 Å². The van der Waals surface area contributed by atoms with Crippen LogP contribution in [0.15, 0.2) is 24.3 Å². The third kappa shape index (κ3) is 3.78. The van der Waals surface area contributed by atoms with E-state index < -0.39 is 5.97 Å². The highest BCUT2D eigenvalue weighted by molar-refractivity contribution is 6.00. The summed E-state index contributed by atoms with van der Waals surface area (Å²) >= 11 is 0. The molecule has 7 heteroatoms. The van der Waals surface area contributed by atoms with Crippen molar-refractivity contribution in [1.82, 2.24) is 19.9 Å². The smallest absolute Gasteiger partial charge is 0.340 e. The van der Waals surface area contributed by atoms with Gasteiger partial charge in [-0.15, -0.1) is 0 Å². The van der Waals surface area contributed by atoms with Gasteiger partial charge in [-0.1, -0.05) is 12.1 Å². The van der Waals surface area contributed by atoms with Gasteiger partial charge >= 0.3 is 5.97 Å². The predicted molar refractivity (Wildman–Crippen MR) is 108 cm³/mol. The molecule has 0 radical (unpaired) electrons. The number of para-hydroxylation sites is 2. The molecule has 0 unspecified atom stereocenters. The van der Waals surface area contributed by atoms with Gasteiger partial charge in [-0.2, -0.15) is 0 Å². The summed E-state index contributed by atoms with van der Waals surface area (Å²) in [5.74, 6) is 0.334. The molecule has 0 aliphatic heterocycles. The topological polar surface area (TPSA) is 89.0 Å². The van der Waals surface area contributed by atoms with Gasteiger partial charge in [-0.3, -0.25) is 4.79 Å². The van der Waals surface area contributed by atoms with Crippen LogP contribution in [-0.2, 0) is 11.3 Å². The van der Waals surface area contributed by atoms with Gasteiger partial charge in [0.05, 0.1) is 23.2 Å². The van der Waals surface area contributed by atoms with Crippen LogP contribution in [0.4, 0.5) is 0 Å². The summed E-state index contributed by atoms with van der Waals surface area (Å²) in [6.07, 6.45) is 0.774. The maximum atomic E-state index is 12.5. The zero-order chi connectivity index (χ0) is 20.3. The molecule has 3 rings (SSSR count). The van der Waals surface area contributed by atoms with E-state index in [4.69, 9.17) is 4.74 Å². The van der Waals surface area contributed by atoms with Crippen LogP contribution in [0.25, 0.3) is 11.0 Å². The van der Waals surface area contributed by atoms with Gasteiger partial charge in [-0.25, -0.2) is 9.78 Å². The van der Waals surface area contributed by atoms with Crippen LogP contribution in [0.3, 0.4) is 0 Å². The molecule has 28 heavy (non-hydrogen) atoms. The number of amides is 1. The van der Waals surface area contributed by atoms with Crippen LogP contribution >= 0.6 is 0 Å². The van der Waals surface area contributed by atoms with Crippen molar-refractivity contribution in [2.75, 3.05) is 13.2 Å². The molecule has 3 aromatic rings. The SMILES string of the molecule is CCOC(=O)c1c(C)[nH]c(C(=O)NCCCn2c(C)nc3ccccc32)c1C. The van der Waals surface area contributed by atoms with Gasteiger partial charge in [0.2, 0.25) is 0 Å². The number of hydrogen-bond donors (Lipinski definition) is 2. The summed E-state index contributed by atoms with van der Waals surface area (Å²) in [5.41, 5.74) is 4.18. The number of carbonyl (C=O) groups excluding carboxylic acids is 2. The van der Waals surface area contributed by atoms with Crippen molar-refractivity contribution in [3.05, 3.63) is 52.6 Å². The van der Waals surface area contributed by atoms with Crippen LogP contribution in [0.5, 0.6) is 0 Å². The molecule has 1 aromatic carbocycles. The second kappa shape index (κ2) is 8.29. The number of H-pyrrole nitrogens is 1. The molecule has 0 atom stereocenters. The highest BCUT2D eigenvalue weighted by Gasteiger charge is 2.22. The summed E-state index contributed by atoms with van der Waals surface area (Å²) in [4.78, 5) is 32.2. The van der Waals surface area contributed by atoms with E-state index in [0.717, 1.165) is 29.8 Å². The zero-order valence-corrected chi connectivity index (χ0v) is 16.8. The molecule has 0 aliphatic rings. The number of nitrogens with one attached hydrogen (secondary N) is 2. The van der Waals surface area contributed by atoms with Crippen molar-refractivity contribution in [3.8, 4) is 0 Å². The number of aromatic nitrogens is 3. The number of ether oxygens (including phenoxy) is 1. The first kappa shape index (κ1) is 19.7. The average Bonchev–Trinajstić information content (AvgIpc) is 3.14. The molecular weight excluding hydrogens is 356 g/mol. The average molecular weight is 382 g/mol. The van der Waals surface area contributed by atoms with Gasteiger partial charge in [-0.05, 0) is 51.8 Å². The van der Waals surface area contributed by atoms with Crippen LogP contribution in [-0.4, -0.2) is 39.6 Å². The molecule has 1 amide bonds. The molecule has 0 spiro atoms. The molecular formula is C21H26N4O3. The Morgan fingerprint density at radius 1 is 1.21 bits per heavy atom. The van der Waals surface area contributed by atoms with Crippen LogP contribution in [0, 0.1) is 20.8 Å². The summed E-state index contributed by atoms with van der Waals surface area (Å²) in [6, 6.07) is 8.03. The normalized spacial score (nSPS) is 11.0. The first-order chi connectivity index (χ1) is 13.4. The van der Waals surface area contributed by atoms with Crippen molar-refractivity contribution in [2.24, 2.45) is 0 Å². The van der Waals surface area contributed by atoms with Gasteiger partial charge in [0, 0.05) is 18.8 Å². The Morgan fingerprint density at radius 3 is 2.71 bits per heavy atom. The highest BCUT2D eigenvalue weighted by atomic mass is 16.5. The van der Waals surface area contributed by atoms with Crippen molar-refractivity contribution >= 4 is 22.9 Å². The van der Waals surface area contributed by atoms with Crippen LogP contribution in [0.2, 0.25) is 0 Å². The van der Waals surface area contributed by atoms with Gasteiger partial charge in [0.1, 0.15) is 11.5 Å². The number of fused-ring (bicyclic) bond motifs is 1. The fraction of sp³-hybridized carbons (Fsp3) is 0.381. The van der Waals surface area contributed by atoms with E-state index in [9.17, 15) is 9.59 Å². The Balaban J connectivity index is 1.61. The molecule has 148 valence electrons. The number of aryl methyl sites for hydroxylation is 3. The van der Waals surface area contributed by atoms with E-state index >= 15 is 0 Å². The molecule has 0 fully saturated rings. The van der Waals surface area contributed by atoms with Gasteiger partial charge in [0.15, 0.2) is 0 Å². The Bertz CT molecular complexity index is 1020. The molecule has 2 aromatic heterocycles. The minimum atomic E-state index is -0.407. The zero-order valence-electron chi connectivity index (χ0n) is 16.8. The van der Waals surface area contributed by atoms with Gasteiger partial charge < -0.3 is 19.6 Å². The molecule has 2 N–H and O–H groups in total. The summed E-state index contributed by atoms with van der Waals surface area (Å²) in [6.45, 7) is 8.86. The summed E-state index contributed by atoms with van der Waals surface area (Å²) < 4.78 is 7.23. The molecule has 7 nitrogen and oxygen atoms in total. The van der Waals surface area contributed by atoms with E-state index in [1.165, 1.54) is 0 Å². The standard InChI is InChI=1S/C21H26N4O3/c1-5-28-21(27)18-13(2)19(23-14(18)3)20(26)22-11-8-12-25-15(4)24-16-9-6-7-10-17(16)25/h6-7,9-10,23H,5,8,11-12H2,1-4H3,(H,22,26). The predicted octanol–water partition coefficient (Wildman–Crippen LogP) is 3.29. The van der Waals surface area contributed by atoms with Crippen molar-refractivity contribution in [3.63, 3.8) is 0 Å². The number of nitrogens with zero attached hydrogens (tertiary/aromatic N) is 2. The Labute approximate surface area is 164 Å². The lowest BCUT2D eigenvalue weighted by Gasteiger charge is -2.08. The van der Waals surface area contributed by atoms with Crippen LogP contribution < -0.4 is 5.32 Å². The Hall–Kier alpha value is -3.09. The third-order valence-corrected chi connectivity index (χ3v) is 4.83. The minimum absolute atomic E-state index is 0.219. The van der Waals surface area contributed by atoms with E-state index in [0.29, 0.717) is 35.7 Å². The van der Waals surface area contributed by atoms with E-state index in [1.807, 2.05) is 25.1 Å². The molecule has 0 aliphatic carbocycles. The maximum absolute atomic E-state index is 12.5. The lowest BCUT2D eigenvalue weighted by Crippen LogP contribution is -2.26. The summed E-state index contributed by atoms with van der Waals surface area (Å²) in [7, 11) is 0. The number of carbonyl (C=O) groups is 2. The highest BCUT2D eigenvalue weighted by Crippen LogP contribution is 2.19. The second-order valence-electron chi connectivity index (χ2n) is 6.75.